The first kappa shape index (κ1) is 22.1. The van der Waals surface area contributed by atoms with Crippen molar-refractivity contribution >= 4 is 11.8 Å². The number of carbonyl (C=O) groups is 2. The Morgan fingerprint density at radius 3 is 2.00 bits per heavy atom. The van der Waals surface area contributed by atoms with Crippen molar-refractivity contribution < 1.29 is 23.8 Å². The molecule has 0 unspecified atom stereocenters. The number of hydrazine groups is 1. The van der Waals surface area contributed by atoms with Crippen LogP contribution in [0.1, 0.15) is 42.3 Å². The van der Waals surface area contributed by atoms with E-state index in [1.807, 2.05) is 52.0 Å². The molecule has 0 aliphatic carbocycles. The van der Waals surface area contributed by atoms with E-state index < -0.39 is 5.91 Å². The van der Waals surface area contributed by atoms with Gasteiger partial charge in [0.1, 0.15) is 0 Å². The zero-order valence-electron chi connectivity index (χ0n) is 17.3. The van der Waals surface area contributed by atoms with Gasteiger partial charge in [-0.05, 0) is 51.0 Å². The summed E-state index contributed by atoms with van der Waals surface area (Å²) in [5, 5.41) is 0. The normalized spacial score (nSPS) is 10.2. The largest absolute Gasteiger partial charge is 0.490 e. The number of rotatable bonds is 9. The first-order valence-corrected chi connectivity index (χ1v) is 9.70. The van der Waals surface area contributed by atoms with Gasteiger partial charge in [0, 0.05) is 5.56 Å². The van der Waals surface area contributed by atoms with Gasteiger partial charge in [0.15, 0.2) is 11.5 Å². The second kappa shape index (κ2) is 10.9. The molecule has 0 saturated carbocycles. The maximum Gasteiger partial charge on any atom is 0.269 e. The van der Waals surface area contributed by atoms with Crippen LogP contribution in [0.3, 0.4) is 0 Å². The fourth-order valence-corrected chi connectivity index (χ4v) is 2.74. The molecule has 2 N–H and O–H groups in total. The van der Waals surface area contributed by atoms with E-state index in [9.17, 15) is 9.59 Å². The van der Waals surface area contributed by atoms with E-state index in [-0.39, 0.29) is 17.9 Å². The van der Waals surface area contributed by atoms with Gasteiger partial charge in [-0.2, -0.15) is 0 Å². The highest BCUT2D eigenvalue weighted by atomic mass is 16.5. The molecular formula is C22H28N2O5. The summed E-state index contributed by atoms with van der Waals surface area (Å²) in [4.78, 5) is 24.8. The van der Waals surface area contributed by atoms with Gasteiger partial charge >= 0.3 is 0 Å². The Labute approximate surface area is 171 Å². The summed E-state index contributed by atoms with van der Waals surface area (Å²) in [5.41, 5.74) is 7.09. The highest BCUT2D eigenvalue weighted by molar-refractivity contribution is 5.96. The fourth-order valence-electron chi connectivity index (χ4n) is 2.74. The maximum absolute atomic E-state index is 12.6. The van der Waals surface area contributed by atoms with Crippen molar-refractivity contribution in [2.45, 2.75) is 34.1 Å². The molecule has 156 valence electrons. The minimum absolute atomic E-state index is 0.171. The average Bonchev–Trinajstić information content (AvgIpc) is 2.70. The zero-order valence-corrected chi connectivity index (χ0v) is 17.3. The van der Waals surface area contributed by atoms with Crippen molar-refractivity contribution in [1.82, 2.24) is 10.9 Å². The Bertz CT molecular complexity index is 824. The lowest BCUT2D eigenvalue weighted by atomic mass is 10.1. The minimum Gasteiger partial charge on any atom is -0.490 e. The first-order chi connectivity index (χ1) is 14.0. The standard InChI is InChI=1S/C22H28N2O5/c1-5-27-18-12-17(13-19(28-6-2)21(18)29-7-3)22(26)24-23-20(25)14-16-11-9-8-10-15(16)4/h8-13H,5-7,14H2,1-4H3,(H,23,25)(H,24,26). The summed E-state index contributed by atoms with van der Waals surface area (Å²) < 4.78 is 16.9. The molecule has 0 heterocycles. The Morgan fingerprint density at radius 1 is 0.862 bits per heavy atom. The molecule has 7 nitrogen and oxygen atoms in total. The first-order valence-electron chi connectivity index (χ1n) is 9.70. The SMILES string of the molecule is CCOc1cc(C(=O)NNC(=O)Cc2ccccc2C)cc(OCC)c1OCC. The number of aryl methyl sites for hydroxylation is 1. The molecule has 7 heteroatoms. The molecule has 2 aromatic carbocycles. The van der Waals surface area contributed by atoms with Crippen LogP contribution in [0.2, 0.25) is 0 Å². The topological polar surface area (TPSA) is 85.9 Å². The quantitative estimate of drug-likeness (QED) is 0.632. The highest BCUT2D eigenvalue weighted by Crippen LogP contribution is 2.39. The van der Waals surface area contributed by atoms with Crippen LogP contribution in [-0.4, -0.2) is 31.6 Å². The van der Waals surface area contributed by atoms with E-state index >= 15 is 0 Å². The molecule has 0 bridgehead atoms. The number of nitrogens with one attached hydrogen (secondary N) is 2. The lowest BCUT2D eigenvalue weighted by Gasteiger charge is -2.17. The average molecular weight is 400 g/mol. The number of benzene rings is 2. The van der Waals surface area contributed by atoms with Crippen molar-refractivity contribution in [3.8, 4) is 17.2 Å². The van der Waals surface area contributed by atoms with Crippen LogP contribution in [0, 0.1) is 6.92 Å². The van der Waals surface area contributed by atoms with Crippen LogP contribution >= 0.6 is 0 Å². The van der Waals surface area contributed by atoms with Crippen LogP contribution in [0.15, 0.2) is 36.4 Å². The van der Waals surface area contributed by atoms with Crippen LogP contribution in [-0.2, 0) is 11.2 Å². The molecule has 29 heavy (non-hydrogen) atoms. The van der Waals surface area contributed by atoms with Crippen molar-refractivity contribution in [3.05, 3.63) is 53.1 Å². The van der Waals surface area contributed by atoms with Crippen LogP contribution in [0.5, 0.6) is 17.2 Å². The van der Waals surface area contributed by atoms with E-state index in [1.165, 1.54) is 0 Å². The lowest BCUT2D eigenvalue weighted by Crippen LogP contribution is -2.42. The second-order valence-electron chi connectivity index (χ2n) is 6.21. The molecule has 2 rings (SSSR count). The summed E-state index contributed by atoms with van der Waals surface area (Å²) in [6.45, 7) is 8.72. The van der Waals surface area contributed by atoms with Gasteiger partial charge < -0.3 is 14.2 Å². The number of amides is 2. The summed E-state index contributed by atoms with van der Waals surface area (Å²) in [7, 11) is 0. The highest BCUT2D eigenvalue weighted by Gasteiger charge is 2.18. The van der Waals surface area contributed by atoms with Crippen molar-refractivity contribution in [2.75, 3.05) is 19.8 Å². The van der Waals surface area contributed by atoms with E-state index in [4.69, 9.17) is 14.2 Å². The van der Waals surface area contributed by atoms with E-state index in [0.717, 1.165) is 11.1 Å². The Hall–Kier alpha value is -3.22. The summed E-state index contributed by atoms with van der Waals surface area (Å²) in [6, 6.07) is 10.7. The van der Waals surface area contributed by atoms with Crippen LogP contribution in [0.4, 0.5) is 0 Å². The molecule has 0 aromatic heterocycles. The molecule has 0 saturated heterocycles. The van der Waals surface area contributed by atoms with Gasteiger partial charge in [0.05, 0.1) is 26.2 Å². The molecule has 0 aliphatic rings. The number of hydrogen-bond donors (Lipinski definition) is 2. The van der Waals surface area contributed by atoms with Crippen molar-refractivity contribution in [2.24, 2.45) is 0 Å². The lowest BCUT2D eigenvalue weighted by molar-refractivity contribution is -0.121. The predicted molar refractivity (Wildman–Crippen MR) is 110 cm³/mol. The molecule has 0 radical (unpaired) electrons. The smallest absolute Gasteiger partial charge is 0.269 e. The van der Waals surface area contributed by atoms with Crippen molar-refractivity contribution in [3.63, 3.8) is 0 Å². The Kier molecular flexibility index (Phi) is 8.33. The van der Waals surface area contributed by atoms with E-state index in [2.05, 4.69) is 10.9 Å². The molecular weight excluding hydrogens is 372 g/mol. The van der Waals surface area contributed by atoms with Gasteiger partial charge in [0.2, 0.25) is 11.7 Å². The van der Waals surface area contributed by atoms with Gasteiger partial charge in [-0.1, -0.05) is 24.3 Å². The van der Waals surface area contributed by atoms with Crippen LogP contribution in [0.25, 0.3) is 0 Å². The molecule has 0 aliphatic heterocycles. The zero-order chi connectivity index (χ0) is 21.2. The molecule has 0 fully saturated rings. The minimum atomic E-state index is -0.479. The Morgan fingerprint density at radius 2 is 1.45 bits per heavy atom. The third-order valence-electron chi connectivity index (χ3n) is 4.10. The molecule has 0 atom stereocenters. The van der Waals surface area contributed by atoms with Gasteiger partial charge in [-0.25, -0.2) is 0 Å². The van der Waals surface area contributed by atoms with Crippen molar-refractivity contribution in [1.29, 1.82) is 0 Å². The number of carbonyl (C=O) groups excluding carboxylic acids is 2. The molecule has 0 spiro atoms. The molecule has 2 aromatic rings. The third kappa shape index (κ3) is 6.14. The monoisotopic (exact) mass is 400 g/mol. The van der Waals surface area contributed by atoms with Gasteiger partial charge in [0.25, 0.3) is 5.91 Å². The third-order valence-corrected chi connectivity index (χ3v) is 4.10. The van der Waals surface area contributed by atoms with E-state index in [0.29, 0.717) is 37.1 Å². The predicted octanol–water partition coefficient (Wildman–Crippen LogP) is 3.19. The maximum atomic E-state index is 12.6. The van der Waals surface area contributed by atoms with E-state index in [1.54, 1.807) is 12.1 Å². The Balaban J connectivity index is 2.12. The number of hydrogen-bond acceptors (Lipinski definition) is 5. The van der Waals surface area contributed by atoms with Gasteiger partial charge in [-0.15, -0.1) is 0 Å². The second-order valence-corrected chi connectivity index (χ2v) is 6.21. The number of ether oxygens (including phenoxy) is 3. The fraction of sp³-hybridized carbons (Fsp3) is 0.364. The summed E-state index contributed by atoms with van der Waals surface area (Å²) in [5.74, 6) is 0.492. The van der Waals surface area contributed by atoms with Crippen LogP contribution < -0.4 is 25.1 Å². The summed E-state index contributed by atoms with van der Waals surface area (Å²) >= 11 is 0. The van der Waals surface area contributed by atoms with Gasteiger partial charge in [-0.3, -0.25) is 20.4 Å². The molecule has 2 amide bonds. The summed E-state index contributed by atoms with van der Waals surface area (Å²) in [6.07, 6.45) is 0.171.